The molecule has 2 aromatic rings. The van der Waals surface area contributed by atoms with Gasteiger partial charge in [0, 0.05) is 24.8 Å². The number of hydrogen-bond donors (Lipinski definition) is 1. The first kappa shape index (κ1) is 15.3. The summed E-state index contributed by atoms with van der Waals surface area (Å²) in [6.45, 7) is 0.288. The van der Waals surface area contributed by atoms with Crippen LogP contribution in [0, 0.1) is 5.92 Å². The number of hydrogen-bond acceptors (Lipinski definition) is 5. The van der Waals surface area contributed by atoms with E-state index in [1.54, 1.807) is 37.4 Å². The number of benzene rings is 1. The number of methoxy groups -OCH3 is 1. The van der Waals surface area contributed by atoms with E-state index in [2.05, 4.69) is 5.32 Å². The molecule has 0 spiro atoms. The second kappa shape index (κ2) is 6.66. The molecule has 1 saturated carbocycles. The molecule has 1 aliphatic carbocycles. The van der Waals surface area contributed by atoms with Gasteiger partial charge >= 0.3 is 5.97 Å². The van der Waals surface area contributed by atoms with Crippen molar-refractivity contribution < 1.29 is 23.5 Å². The fourth-order valence-electron chi connectivity index (χ4n) is 2.09. The molecule has 1 heterocycles. The molecule has 120 valence electrons. The number of carbonyl (C=O) groups excluding carboxylic acids is 2. The smallest absolute Gasteiger partial charge is 0.379 e. The monoisotopic (exact) mass is 315 g/mol. The Hall–Kier alpha value is -2.60. The highest BCUT2D eigenvalue weighted by Gasteiger charge is 2.29. The molecule has 1 aromatic carbocycles. The molecule has 1 fully saturated rings. The summed E-state index contributed by atoms with van der Waals surface area (Å²) in [7, 11) is 1.54. The Balaban J connectivity index is 1.64. The molecule has 6 nitrogen and oxygen atoms in total. The van der Waals surface area contributed by atoms with Crippen LogP contribution in [0.25, 0.3) is 0 Å². The number of furan rings is 1. The molecule has 0 radical (unpaired) electrons. The van der Waals surface area contributed by atoms with Gasteiger partial charge in [0.1, 0.15) is 18.1 Å². The largest absolute Gasteiger partial charge is 0.452 e. The van der Waals surface area contributed by atoms with Crippen LogP contribution < -0.4 is 10.1 Å². The van der Waals surface area contributed by atoms with Crippen LogP contribution in [0.1, 0.15) is 29.2 Å². The average molecular weight is 315 g/mol. The van der Waals surface area contributed by atoms with Gasteiger partial charge in [0.15, 0.2) is 0 Å². The van der Waals surface area contributed by atoms with Crippen LogP contribution in [-0.2, 0) is 16.1 Å². The summed E-state index contributed by atoms with van der Waals surface area (Å²) in [4.78, 5) is 23.8. The van der Waals surface area contributed by atoms with E-state index in [1.165, 1.54) is 6.07 Å². The summed E-state index contributed by atoms with van der Waals surface area (Å²) in [6, 6.07) is 9.91. The fraction of sp³-hybridized carbons (Fsp3) is 0.294. The van der Waals surface area contributed by atoms with Gasteiger partial charge in [-0.2, -0.15) is 0 Å². The number of amides is 1. The Bertz CT molecular complexity index is 717. The van der Waals surface area contributed by atoms with Crippen molar-refractivity contribution in [1.82, 2.24) is 0 Å². The van der Waals surface area contributed by atoms with E-state index >= 15 is 0 Å². The van der Waals surface area contributed by atoms with Crippen molar-refractivity contribution >= 4 is 17.6 Å². The van der Waals surface area contributed by atoms with Gasteiger partial charge in [-0.15, -0.1) is 0 Å². The Labute approximate surface area is 133 Å². The predicted octanol–water partition coefficient (Wildman–Crippen LogP) is 2.99. The molecule has 3 rings (SSSR count). The minimum atomic E-state index is -0.599. The van der Waals surface area contributed by atoms with Crippen LogP contribution in [0.5, 0.6) is 5.75 Å². The fourth-order valence-corrected chi connectivity index (χ4v) is 2.09. The molecule has 1 aliphatic rings. The van der Waals surface area contributed by atoms with Gasteiger partial charge in [-0.05, 0) is 37.1 Å². The van der Waals surface area contributed by atoms with Crippen LogP contribution in [0.15, 0.2) is 40.8 Å². The van der Waals surface area contributed by atoms with Crippen molar-refractivity contribution in [1.29, 1.82) is 0 Å². The molecule has 0 aliphatic heterocycles. The summed E-state index contributed by atoms with van der Waals surface area (Å²) in [5, 5.41) is 2.81. The summed E-state index contributed by atoms with van der Waals surface area (Å²) in [5.74, 6) is 0.507. The quantitative estimate of drug-likeness (QED) is 0.655. The maximum absolute atomic E-state index is 12.0. The molecule has 1 amide bonds. The Morgan fingerprint density at radius 1 is 1.26 bits per heavy atom. The summed E-state index contributed by atoms with van der Waals surface area (Å²) < 4.78 is 15.5. The van der Waals surface area contributed by atoms with Gasteiger partial charge in [-0.3, -0.25) is 4.79 Å². The predicted molar refractivity (Wildman–Crippen MR) is 82.2 cm³/mol. The zero-order valence-electron chi connectivity index (χ0n) is 12.7. The summed E-state index contributed by atoms with van der Waals surface area (Å²) in [5.41, 5.74) is 0.603. The maximum atomic E-state index is 12.0. The van der Waals surface area contributed by atoms with Gasteiger partial charge < -0.3 is 19.2 Å². The lowest BCUT2D eigenvalue weighted by Gasteiger charge is -2.07. The molecule has 0 atom stereocenters. The summed E-state index contributed by atoms with van der Waals surface area (Å²) >= 11 is 0. The lowest BCUT2D eigenvalue weighted by atomic mass is 10.3. The van der Waals surface area contributed by atoms with Gasteiger partial charge in [0.05, 0.1) is 0 Å². The van der Waals surface area contributed by atoms with E-state index in [4.69, 9.17) is 13.9 Å². The third-order valence-corrected chi connectivity index (χ3v) is 3.41. The minimum absolute atomic E-state index is 0.00344. The molecular weight excluding hydrogens is 298 g/mol. The maximum Gasteiger partial charge on any atom is 0.379 e. The second-order valence-corrected chi connectivity index (χ2v) is 5.38. The number of nitrogens with one attached hydrogen (secondary N) is 1. The molecule has 0 bridgehead atoms. The SMILES string of the molecule is COCc1ccc(C(=O)Oc2cccc(NC(=O)C3CC3)c2)o1. The van der Waals surface area contributed by atoms with Gasteiger partial charge in [0.25, 0.3) is 0 Å². The molecular formula is C17H17NO5. The van der Waals surface area contributed by atoms with E-state index in [0.717, 1.165) is 12.8 Å². The van der Waals surface area contributed by atoms with Crippen molar-refractivity contribution in [3.05, 3.63) is 47.9 Å². The Morgan fingerprint density at radius 3 is 2.83 bits per heavy atom. The lowest BCUT2D eigenvalue weighted by molar-refractivity contribution is -0.117. The highest BCUT2D eigenvalue weighted by Crippen LogP contribution is 2.30. The van der Waals surface area contributed by atoms with Gasteiger partial charge in [0.2, 0.25) is 11.7 Å². The molecule has 0 saturated heterocycles. The third-order valence-electron chi connectivity index (χ3n) is 3.41. The van der Waals surface area contributed by atoms with E-state index < -0.39 is 5.97 Å². The van der Waals surface area contributed by atoms with Gasteiger partial charge in [-0.25, -0.2) is 4.79 Å². The van der Waals surface area contributed by atoms with Crippen LogP contribution in [0.2, 0.25) is 0 Å². The number of anilines is 1. The first-order valence-corrected chi connectivity index (χ1v) is 7.36. The first-order valence-electron chi connectivity index (χ1n) is 7.36. The molecule has 0 unspecified atom stereocenters. The Morgan fingerprint density at radius 2 is 2.09 bits per heavy atom. The number of carbonyl (C=O) groups is 2. The lowest BCUT2D eigenvalue weighted by Crippen LogP contribution is -2.13. The van der Waals surface area contributed by atoms with E-state index in [9.17, 15) is 9.59 Å². The van der Waals surface area contributed by atoms with E-state index in [-0.39, 0.29) is 24.2 Å². The summed E-state index contributed by atoms with van der Waals surface area (Å²) in [6.07, 6.45) is 1.87. The topological polar surface area (TPSA) is 77.8 Å². The van der Waals surface area contributed by atoms with Crippen molar-refractivity contribution in [3.63, 3.8) is 0 Å². The standard InChI is InChI=1S/C17H17NO5/c1-21-10-14-7-8-15(22-14)17(20)23-13-4-2-3-12(9-13)18-16(19)11-5-6-11/h2-4,7-9,11H,5-6,10H2,1H3,(H,18,19). The van der Waals surface area contributed by atoms with Crippen LogP contribution in [-0.4, -0.2) is 19.0 Å². The van der Waals surface area contributed by atoms with E-state index in [1.807, 2.05) is 0 Å². The zero-order valence-corrected chi connectivity index (χ0v) is 12.7. The average Bonchev–Trinajstić information content (AvgIpc) is 3.28. The zero-order chi connectivity index (χ0) is 16.2. The van der Waals surface area contributed by atoms with Crippen molar-refractivity contribution in [2.45, 2.75) is 19.4 Å². The van der Waals surface area contributed by atoms with Crippen molar-refractivity contribution in [2.24, 2.45) is 5.92 Å². The van der Waals surface area contributed by atoms with Crippen molar-refractivity contribution in [2.75, 3.05) is 12.4 Å². The normalized spacial score (nSPS) is 13.6. The van der Waals surface area contributed by atoms with Crippen molar-refractivity contribution in [3.8, 4) is 5.75 Å². The highest BCUT2D eigenvalue weighted by molar-refractivity contribution is 5.94. The third kappa shape index (κ3) is 3.98. The minimum Gasteiger partial charge on any atom is -0.452 e. The molecule has 6 heteroatoms. The number of ether oxygens (including phenoxy) is 2. The highest BCUT2D eigenvalue weighted by atomic mass is 16.5. The second-order valence-electron chi connectivity index (χ2n) is 5.38. The Kier molecular flexibility index (Phi) is 4.43. The molecule has 23 heavy (non-hydrogen) atoms. The van der Waals surface area contributed by atoms with Crippen LogP contribution in [0.3, 0.4) is 0 Å². The molecule has 1 N–H and O–H groups in total. The number of esters is 1. The van der Waals surface area contributed by atoms with Crippen LogP contribution in [0.4, 0.5) is 5.69 Å². The first-order chi connectivity index (χ1) is 11.2. The van der Waals surface area contributed by atoms with Crippen LogP contribution >= 0.6 is 0 Å². The van der Waals surface area contributed by atoms with Gasteiger partial charge in [-0.1, -0.05) is 6.07 Å². The van der Waals surface area contributed by atoms with E-state index in [0.29, 0.717) is 17.2 Å². The number of rotatable bonds is 6. The molecule has 1 aromatic heterocycles.